The number of hydrogen-bond acceptors (Lipinski definition) is 4. The zero-order chi connectivity index (χ0) is 20.5. The minimum absolute atomic E-state index is 0.0640. The molecule has 2 N–H and O–H groups in total. The van der Waals surface area contributed by atoms with Gasteiger partial charge in [0.15, 0.2) is 0 Å². The van der Waals surface area contributed by atoms with Crippen LogP contribution in [0.2, 0.25) is 5.02 Å². The summed E-state index contributed by atoms with van der Waals surface area (Å²) in [6.07, 6.45) is 0.324. The van der Waals surface area contributed by atoms with Gasteiger partial charge in [-0.05, 0) is 60.0 Å². The molecule has 1 atom stereocenters. The van der Waals surface area contributed by atoms with Crippen LogP contribution < -0.4 is 15.4 Å². The van der Waals surface area contributed by atoms with Gasteiger partial charge in [-0.25, -0.2) is 0 Å². The predicted molar refractivity (Wildman–Crippen MR) is 117 cm³/mol. The highest BCUT2D eigenvalue weighted by molar-refractivity contribution is 7.18. The third-order valence-corrected chi connectivity index (χ3v) is 6.45. The topological polar surface area (TPSA) is 67.4 Å². The number of hydrogen-bond donors (Lipinski definition) is 2. The Balaban J connectivity index is 1.67. The van der Waals surface area contributed by atoms with Crippen molar-refractivity contribution < 1.29 is 14.3 Å². The quantitative estimate of drug-likeness (QED) is 0.583. The van der Waals surface area contributed by atoms with Crippen LogP contribution in [0, 0.1) is 6.92 Å². The Kier molecular flexibility index (Phi) is 5.30. The fourth-order valence-corrected chi connectivity index (χ4v) is 4.97. The second-order valence-corrected chi connectivity index (χ2v) is 8.30. The minimum atomic E-state index is -0.203. The minimum Gasteiger partial charge on any atom is -0.497 e. The molecule has 7 heteroatoms. The molecule has 1 aliphatic heterocycles. The molecule has 2 heterocycles. The lowest BCUT2D eigenvalue weighted by Gasteiger charge is -2.24. The largest absolute Gasteiger partial charge is 0.497 e. The predicted octanol–water partition coefficient (Wildman–Crippen LogP) is 5.44. The number of anilines is 2. The highest BCUT2D eigenvalue weighted by Crippen LogP contribution is 2.45. The Morgan fingerprint density at radius 2 is 2.00 bits per heavy atom. The molecule has 0 aliphatic carbocycles. The van der Waals surface area contributed by atoms with Crippen molar-refractivity contribution >= 4 is 45.4 Å². The lowest BCUT2D eigenvalue weighted by atomic mass is 9.85. The number of thiophene rings is 1. The van der Waals surface area contributed by atoms with Gasteiger partial charge >= 0.3 is 0 Å². The monoisotopic (exact) mass is 426 g/mol. The molecule has 0 unspecified atom stereocenters. The van der Waals surface area contributed by atoms with Gasteiger partial charge in [-0.3, -0.25) is 9.59 Å². The highest BCUT2D eigenvalue weighted by Gasteiger charge is 2.32. The van der Waals surface area contributed by atoms with Gasteiger partial charge in [0.05, 0.1) is 17.0 Å². The molecule has 5 nitrogen and oxygen atoms in total. The van der Waals surface area contributed by atoms with Gasteiger partial charge in [-0.1, -0.05) is 23.7 Å². The van der Waals surface area contributed by atoms with E-state index in [1.165, 1.54) is 11.3 Å². The average molecular weight is 427 g/mol. The Morgan fingerprint density at radius 3 is 2.69 bits per heavy atom. The Morgan fingerprint density at radius 1 is 1.24 bits per heavy atom. The number of ether oxygens (including phenoxy) is 1. The molecular weight excluding hydrogens is 408 g/mol. The molecule has 4 rings (SSSR count). The van der Waals surface area contributed by atoms with Crippen LogP contribution in [0.5, 0.6) is 5.75 Å². The third kappa shape index (κ3) is 3.86. The SMILES string of the molecule is COc1ccc(NC(=O)c2sc3c(c2C)[C@@H](c2cccc(Cl)c2)CC(=O)N3)cc1. The molecule has 0 radical (unpaired) electrons. The first-order valence-electron chi connectivity index (χ1n) is 9.10. The molecule has 0 fully saturated rings. The summed E-state index contributed by atoms with van der Waals surface area (Å²) in [7, 11) is 1.59. The first-order chi connectivity index (χ1) is 14.0. The van der Waals surface area contributed by atoms with Gasteiger partial charge in [-0.2, -0.15) is 0 Å². The number of methoxy groups -OCH3 is 1. The van der Waals surface area contributed by atoms with Crippen molar-refractivity contribution in [1.29, 1.82) is 0 Å². The van der Waals surface area contributed by atoms with Crippen molar-refractivity contribution in [2.45, 2.75) is 19.3 Å². The molecule has 1 aliphatic rings. The first-order valence-corrected chi connectivity index (χ1v) is 10.3. The lowest BCUT2D eigenvalue weighted by Crippen LogP contribution is -2.22. The zero-order valence-corrected chi connectivity index (χ0v) is 17.5. The molecular formula is C22H19ClN2O3S. The van der Waals surface area contributed by atoms with Crippen LogP contribution in [0.15, 0.2) is 48.5 Å². The van der Waals surface area contributed by atoms with Crippen LogP contribution in [0.3, 0.4) is 0 Å². The van der Waals surface area contributed by atoms with Crippen molar-refractivity contribution in [2.24, 2.45) is 0 Å². The second kappa shape index (κ2) is 7.89. The van der Waals surface area contributed by atoms with E-state index in [4.69, 9.17) is 16.3 Å². The molecule has 29 heavy (non-hydrogen) atoms. The molecule has 3 aromatic rings. The summed E-state index contributed by atoms with van der Waals surface area (Å²) in [5.74, 6) is 0.325. The summed E-state index contributed by atoms with van der Waals surface area (Å²) >= 11 is 7.47. The van der Waals surface area contributed by atoms with Crippen LogP contribution in [-0.2, 0) is 4.79 Å². The average Bonchev–Trinajstić information content (AvgIpc) is 3.04. The van der Waals surface area contributed by atoms with Crippen molar-refractivity contribution in [3.63, 3.8) is 0 Å². The van der Waals surface area contributed by atoms with E-state index < -0.39 is 0 Å². The summed E-state index contributed by atoms with van der Waals surface area (Å²) in [6, 6.07) is 14.7. The number of carbonyl (C=O) groups excluding carboxylic acids is 2. The Labute approximate surface area is 177 Å². The van der Waals surface area contributed by atoms with Crippen LogP contribution in [0.25, 0.3) is 0 Å². The second-order valence-electron chi connectivity index (χ2n) is 6.84. The van der Waals surface area contributed by atoms with Crippen LogP contribution in [-0.4, -0.2) is 18.9 Å². The molecule has 0 saturated carbocycles. The smallest absolute Gasteiger partial charge is 0.266 e. The van der Waals surface area contributed by atoms with E-state index in [9.17, 15) is 9.59 Å². The molecule has 2 amide bonds. The Hall–Kier alpha value is -2.83. The number of carbonyl (C=O) groups is 2. The van der Waals surface area contributed by atoms with E-state index in [2.05, 4.69) is 10.6 Å². The molecule has 148 valence electrons. The van der Waals surface area contributed by atoms with Crippen molar-refractivity contribution in [2.75, 3.05) is 17.7 Å². The summed E-state index contributed by atoms with van der Waals surface area (Å²) in [5.41, 5.74) is 3.51. The zero-order valence-electron chi connectivity index (χ0n) is 15.9. The molecule has 1 aromatic heterocycles. The van der Waals surface area contributed by atoms with Gasteiger partial charge in [-0.15, -0.1) is 11.3 Å². The number of fused-ring (bicyclic) bond motifs is 1. The van der Waals surface area contributed by atoms with E-state index in [0.717, 1.165) is 27.4 Å². The van der Waals surface area contributed by atoms with Crippen molar-refractivity contribution in [3.05, 3.63) is 75.1 Å². The van der Waals surface area contributed by atoms with E-state index in [0.29, 0.717) is 22.0 Å². The fraction of sp³-hybridized carbons (Fsp3) is 0.182. The van der Waals surface area contributed by atoms with E-state index >= 15 is 0 Å². The fourth-order valence-electron chi connectivity index (χ4n) is 3.59. The normalized spacial score (nSPS) is 15.4. The van der Waals surface area contributed by atoms with Gasteiger partial charge in [0.1, 0.15) is 5.75 Å². The summed E-state index contributed by atoms with van der Waals surface area (Å²) in [5, 5.41) is 7.19. The van der Waals surface area contributed by atoms with Crippen molar-refractivity contribution in [1.82, 2.24) is 0 Å². The number of rotatable bonds is 4. The van der Waals surface area contributed by atoms with Gasteiger partial charge in [0, 0.05) is 23.0 Å². The van der Waals surface area contributed by atoms with E-state index in [1.807, 2.05) is 31.2 Å². The third-order valence-electron chi connectivity index (χ3n) is 4.99. The number of benzene rings is 2. The molecule has 0 bridgehead atoms. The highest BCUT2D eigenvalue weighted by atomic mass is 35.5. The van der Waals surface area contributed by atoms with Gasteiger partial charge in [0.2, 0.25) is 5.91 Å². The molecule has 0 saturated heterocycles. The Bertz CT molecular complexity index is 1090. The number of halogens is 1. The van der Waals surface area contributed by atoms with E-state index in [-0.39, 0.29) is 17.7 Å². The van der Waals surface area contributed by atoms with Gasteiger partial charge < -0.3 is 15.4 Å². The van der Waals surface area contributed by atoms with E-state index in [1.54, 1.807) is 31.4 Å². The van der Waals surface area contributed by atoms with Crippen LogP contribution >= 0.6 is 22.9 Å². The molecule has 0 spiro atoms. The van der Waals surface area contributed by atoms with Gasteiger partial charge in [0.25, 0.3) is 5.91 Å². The number of nitrogens with one attached hydrogen (secondary N) is 2. The maximum Gasteiger partial charge on any atom is 0.266 e. The summed E-state index contributed by atoms with van der Waals surface area (Å²) in [4.78, 5) is 25.8. The summed E-state index contributed by atoms with van der Waals surface area (Å²) < 4.78 is 5.15. The maximum atomic E-state index is 12.9. The van der Waals surface area contributed by atoms with Crippen LogP contribution in [0.4, 0.5) is 10.7 Å². The maximum absolute atomic E-state index is 12.9. The molecule has 2 aromatic carbocycles. The summed E-state index contributed by atoms with van der Waals surface area (Å²) in [6.45, 7) is 1.92. The van der Waals surface area contributed by atoms with Crippen LogP contribution in [0.1, 0.15) is 38.7 Å². The lowest BCUT2D eigenvalue weighted by molar-refractivity contribution is -0.116. The first kappa shape index (κ1) is 19.5. The number of amides is 2. The standard InChI is InChI=1S/C22H19ClN2O3S/c1-12-19-17(13-4-3-5-14(23)10-13)11-18(26)25-22(19)29-20(12)21(27)24-15-6-8-16(28-2)9-7-15/h3-10,17H,11H2,1-2H3,(H,24,27)(H,25,26)/t17-/m1/s1. The van der Waals surface area contributed by atoms with Crippen molar-refractivity contribution in [3.8, 4) is 5.75 Å².